The summed E-state index contributed by atoms with van der Waals surface area (Å²) in [5.41, 5.74) is -0.233. The van der Waals surface area contributed by atoms with Crippen LogP contribution in [0.25, 0.3) is 0 Å². The van der Waals surface area contributed by atoms with Gasteiger partial charge < -0.3 is 5.11 Å². The molecule has 104 valence electrons. The van der Waals surface area contributed by atoms with Crippen LogP contribution in [0.5, 0.6) is 0 Å². The standard InChI is InChI=1S/C13H7N3O4S/c14-7-9-5-10(1-2-11(9)16(19)20)21-12-6-8(13(17)18)3-4-15-12/h1-6H,(H,17,18). The Labute approximate surface area is 123 Å². The summed E-state index contributed by atoms with van der Waals surface area (Å²) < 4.78 is 0. The van der Waals surface area contributed by atoms with Gasteiger partial charge in [0.1, 0.15) is 16.7 Å². The van der Waals surface area contributed by atoms with Crippen LogP contribution in [0.2, 0.25) is 0 Å². The molecular weight excluding hydrogens is 294 g/mol. The molecule has 8 heteroatoms. The molecule has 0 aliphatic heterocycles. The fourth-order valence-electron chi connectivity index (χ4n) is 1.55. The lowest BCUT2D eigenvalue weighted by molar-refractivity contribution is -0.385. The van der Waals surface area contributed by atoms with Gasteiger partial charge in [-0.2, -0.15) is 5.26 Å². The molecule has 0 saturated heterocycles. The van der Waals surface area contributed by atoms with Crippen molar-refractivity contribution in [2.24, 2.45) is 0 Å². The quantitative estimate of drug-likeness (QED) is 0.681. The van der Waals surface area contributed by atoms with Crippen LogP contribution in [0.1, 0.15) is 15.9 Å². The van der Waals surface area contributed by atoms with E-state index in [1.165, 1.54) is 36.5 Å². The van der Waals surface area contributed by atoms with Crippen LogP contribution >= 0.6 is 11.8 Å². The molecule has 0 saturated carbocycles. The molecular formula is C13H7N3O4S. The predicted molar refractivity (Wildman–Crippen MR) is 73.1 cm³/mol. The molecule has 2 rings (SSSR count). The summed E-state index contributed by atoms with van der Waals surface area (Å²) in [4.78, 5) is 25.6. The third-order valence-electron chi connectivity index (χ3n) is 2.49. The number of carboxylic acids is 1. The van der Waals surface area contributed by atoms with Gasteiger partial charge in [-0.15, -0.1) is 0 Å². The molecule has 1 aromatic heterocycles. The maximum absolute atomic E-state index is 10.9. The van der Waals surface area contributed by atoms with Crippen LogP contribution in [-0.4, -0.2) is 21.0 Å². The van der Waals surface area contributed by atoms with E-state index in [0.717, 1.165) is 11.8 Å². The Hall–Kier alpha value is -2.92. The summed E-state index contributed by atoms with van der Waals surface area (Å²) in [6, 6.07) is 8.61. The summed E-state index contributed by atoms with van der Waals surface area (Å²) in [5.74, 6) is -1.07. The molecule has 0 aliphatic rings. The Morgan fingerprint density at radius 2 is 2.14 bits per heavy atom. The summed E-state index contributed by atoms with van der Waals surface area (Å²) in [6.07, 6.45) is 1.36. The Kier molecular flexibility index (Phi) is 4.15. The van der Waals surface area contributed by atoms with Crippen LogP contribution in [0.3, 0.4) is 0 Å². The number of nitro benzene ring substituents is 1. The number of nitriles is 1. The minimum Gasteiger partial charge on any atom is -0.478 e. The Morgan fingerprint density at radius 3 is 2.76 bits per heavy atom. The van der Waals surface area contributed by atoms with E-state index in [2.05, 4.69) is 4.98 Å². The zero-order valence-corrected chi connectivity index (χ0v) is 11.2. The van der Waals surface area contributed by atoms with E-state index in [9.17, 15) is 14.9 Å². The number of nitro groups is 1. The summed E-state index contributed by atoms with van der Waals surface area (Å²) in [7, 11) is 0. The van der Waals surface area contributed by atoms with Crippen LogP contribution in [-0.2, 0) is 0 Å². The molecule has 1 N–H and O–H groups in total. The fourth-order valence-corrected chi connectivity index (χ4v) is 2.40. The SMILES string of the molecule is N#Cc1cc(Sc2cc(C(=O)O)ccn2)ccc1[N+](=O)[O-]. The third-order valence-corrected chi connectivity index (χ3v) is 3.41. The average molecular weight is 301 g/mol. The first-order valence-corrected chi connectivity index (χ1v) is 6.38. The van der Waals surface area contributed by atoms with Crippen LogP contribution in [0, 0.1) is 21.4 Å². The molecule has 1 heterocycles. The van der Waals surface area contributed by atoms with Gasteiger partial charge in [0.15, 0.2) is 0 Å². The number of aromatic nitrogens is 1. The normalized spacial score (nSPS) is 9.86. The van der Waals surface area contributed by atoms with E-state index in [4.69, 9.17) is 10.4 Å². The number of carboxylic acid groups (broad SMARTS) is 1. The first-order valence-electron chi connectivity index (χ1n) is 5.57. The molecule has 7 nitrogen and oxygen atoms in total. The molecule has 21 heavy (non-hydrogen) atoms. The van der Waals surface area contributed by atoms with Gasteiger partial charge in [0, 0.05) is 17.2 Å². The van der Waals surface area contributed by atoms with Gasteiger partial charge in [-0.1, -0.05) is 11.8 Å². The first-order chi connectivity index (χ1) is 10.0. The number of pyridine rings is 1. The van der Waals surface area contributed by atoms with Crippen molar-refractivity contribution < 1.29 is 14.8 Å². The highest BCUT2D eigenvalue weighted by Crippen LogP contribution is 2.30. The first kappa shape index (κ1) is 14.5. The second kappa shape index (κ2) is 6.02. The predicted octanol–water partition coefficient (Wildman–Crippen LogP) is 2.71. The summed E-state index contributed by atoms with van der Waals surface area (Å²) in [5, 5.41) is 29.0. The molecule has 0 unspecified atom stereocenters. The van der Waals surface area contributed by atoms with Crippen molar-refractivity contribution in [1.82, 2.24) is 4.98 Å². The van der Waals surface area contributed by atoms with E-state index < -0.39 is 10.9 Å². The molecule has 0 aliphatic carbocycles. The van der Waals surface area contributed by atoms with Gasteiger partial charge in [-0.25, -0.2) is 9.78 Å². The number of aromatic carboxylic acids is 1. The van der Waals surface area contributed by atoms with Crippen molar-refractivity contribution in [3.63, 3.8) is 0 Å². The van der Waals surface area contributed by atoms with Gasteiger partial charge >= 0.3 is 5.97 Å². The number of nitrogens with zero attached hydrogens (tertiary/aromatic N) is 3. The van der Waals surface area contributed by atoms with E-state index in [-0.39, 0.29) is 16.8 Å². The highest BCUT2D eigenvalue weighted by molar-refractivity contribution is 7.99. The molecule has 0 atom stereocenters. The van der Waals surface area contributed by atoms with Crippen molar-refractivity contribution >= 4 is 23.4 Å². The minimum absolute atomic E-state index is 0.0561. The smallest absolute Gasteiger partial charge is 0.335 e. The number of benzene rings is 1. The fraction of sp³-hybridized carbons (Fsp3) is 0. The van der Waals surface area contributed by atoms with E-state index >= 15 is 0 Å². The third kappa shape index (κ3) is 3.34. The molecule has 0 bridgehead atoms. The molecule has 1 aromatic carbocycles. The lowest BCUT2D eigenvalue weighted by Crippen LogP contribution is -1.96. The Balaban J connectivity index is 2.32. The maximum Gasteiger partial charge on any atom is 0.335 e. The maximum atomic E-state index is 10.9. The van der Waals surface area contributed by atoms with Gasteiger partial charge in [0.2, 0.25) is 0 Å². The zero-order valence-electron chi connectivity index (χ0n) is 10.4. The Morgan fingerprint density at radius 1 is 1.38 bits per heavy atom. The van der Waals surface area contributed by atoms with Gasteiger partial charge in [0.25, 0.3) is 5.69 Å². The summed E-state index contributed by atoms with van der Waals surface area (Å²) in [6.45, 7) is 0. The van der Waals surface area contributed by atoms with Gasteiger partial charge in [0.05, 0.1) is 10.5 Å². The van der Waals surface area contributed by atoms with Crippen molar-refractivity contribution in [2.75, 3.05) is 0 Å². The Bertz CT molecular complexity index is 770. The second-order valence-electron chi connectivity index (χ2n) is 3.84. The second-order valence-corrected chi connectivity index (χ2v) is 4.93. The molecule has 2 aromatic rings. The minimum atomic E-state index is -1.07. The number of rotatable bonds is 4. The van der Waals surface area contributed by atoms with Crippen molar-refractivity contribution in [1.29, 1.82) is 5.26 Å². The van der Waals surface area contributed by atoms with E-state index in [0.29, 0.717) is 9.92 Å². The number of hydrogen-bond donors (Lipinski definition) is 1. The largest absolute Gasteiger partial charge is 0.478 e. The van der Waals surface area contributed by atoms with Crippen molar-refractivity contribution in [3.8, 4) is 6.07 Å². The molecule has 0 radical (unpaired) electrons. The highest BCUT2D eigenvalue weighted by Gasteiger charge is 2.14. The van der Waals surface area contributed by atoms with Crippen LogP contribution in [0.4, 0.5) is 5.69 Å². The van der Waals surface area contributed by atoms with Gasteiger partial charge in [-0.3, -0.25) is 10.1 Å². The van der Waals surface area contributed by atoms with Crippen LogP contribution in [0.15, 0.2) is 46.5 Å². The zero-order chi connectivity index (χ0) is 15.4. The molecule has 0 amide bonds. The summed E-state index contributed by atoms with van der Waals surface area (Å²) >= 11 is 1.12. The average Bonchev–Trinajstić information content (AvgIpc) is 2.47. The van der Waals surface area contributed by atoms with Crippen LogP contribution < -0.4 is 0 Å². The van der Waals surface area contributed by atoms with Gasteiger partial charge in [-0.05, 0) is 24.3 Å². The van der Waals surface area contributed by atoms with E-state index in [1.54, 1.807) is 6.07 Å². The molecule has 0 fully saturated rings. The molecule has 0 spiro atoms. The number of hydrogen-bond acceptors (Lipinski definition) is 6. The highest BCUT2D eigenvalue weighted by atomic mass is 32.2. The topological polar surface area (TPSA) is 117 Å². The lowest BCUT2D eigenvalue weighted by Gasteiger charge is -2.03. The monoisotopic (exact) mass is 301 g/mol. The van der Waals surface area contributed by atoms with Crippen molar-refractivity contribution in [3.05, 3.63) is 57.8 Å². The lowest BCUT2D eigenvalue weighted by atomic mass is 10.2. The van der Waals surface area contributed by atoms with Crippen molar-refractivity contribution in [2.45, 2.75) is 9.92 Å². The number of carbonyl (C=O) groups is 1. The van der Waals surface area contributed by atoms with E-state index in [1.807, 2.05) is 0 Å².